The van der Waals surface area contributed by atoms with Crippen LogP contribution in [0.3, 0.4) is 0 Å². The van der Waals surface area contributed by atoms with E-state index in [-0.39, 0.29) is 17.2 Å². The summed E-state index contributed by atoms with van der Waals surface area (Å²) in [6, 6.07) is 0.215. The van der Waals surface area contributed by atoms with Gasteiger partial charge in [-0.3, -0.25) is 0 Å². The van der Waals surface area contributed by atoms with Crippen LogP contribution in [0.4, 0.5) is 0 Å². The van der Waals surface area contributed by atoms with E-state index < -0.39 is 0 Å². The molecule has 0 bridgehead atoms. The average molecular weight is 243 g/mol. The van der Waals surface area contributed by atoms with E-state index in [2.05, 4.69) is 27.7 Å². The average Bonchev–Trinajstić information content (AvgIpc) is 2.41. The summed E-state index contributed by atoms with van der Waals surface area (Å²) in [6.45, 7) is 12.3. The zero-order chi connectivity index (χ0) is 13.1. The molecule has 3 nitrogen and oxygen atoms in total. The van der Waals surface area contributed by atoms with Gasteiger partial charge >= 0.3 is 0 Å². The van der Waals surface area contributed by atoms with Crippen molar-refractivity contribution in [1.29, 1.82) is 0 Å². The lowest BCUT2D eigenvalue weighted by molar-refractivity contribution is -0.0769. The van der Waals surface area contributed by atoms with E-state index >= 15 is 0 Å². The Kier molecular flexibility index (Phi) is 4.99. The second-order valence-electron chi connectivity index (χ2n) is 6.28. The molecule has 1 aliphatic rings. The molecule has 2 unspecified atom stereocenters. The summed E-state index contributed by atoms with van der Waals surface area (Å²) in [5.41, 5.74) is 6.18. The molecule has 0 saturated carbocycles. The van der Waals surface area contributed by atoms with E-state index in [9.17, 15) is 0 Å². The van der Waals surface area contributed by atoms with Crippen molar-refractivity contribution in [3.8, 4) is 0 Å². The maximum absolute atomic E-state index is 6.32. The normalized spacial score (nSPS) is 28.2. The van der Waals surface area contributed by atoms with E-state index in [4.69, 9.17) is 15.2 Å². The zero-order valence-corrected chi connectivity index (χ0v) is 12.1. The maximum atomic E-state index is 6.32. The fourth-order valence-electron chi connectivity index (χ4n) is 3.04. The summed E-state index contributed by atoms with van der Waals surface area (Å²) in [5.74, 6) is 0.444. The molecule has 0 spiro atoms. The minimum absolute atomic E-state index is 0.0360. The maximum Gasteiger partial charge on any atom is 0.0677 e. The molecule has 0 aromatic rings. The van der Waals surface area contributed by atoms with Crippen molar-refractivity contribution in [2.75, 3.05) is 13.2 Å². The van der Waals surface area contributed by atoms with Crippen molar-refractivity contribution < 1.29 is 9.47 Å². The van der Waals surface area contributed by atoms with Crippen molar-refractivity contribution in [2.45, 2.75) is 71.1 Å². The summed E-state index contributed by atoms with van der Waals surface area (Å²) in [6.07, 6.45) is 3.12. The van der Waals surface area contributed by atoms with Crippen LogP contribution in [-0.4, -0.2) is 30.5 Å². The van der Waals surface area contributed by atoms with Crippen LogP contribution in [0.15, 0.2) is 0 Å². The first kappa shape index (κ1) is 14.9. The van der Waals surface area contributed by atoms with Gasteiger partial charge in [-0.25, -0.2) is 0 Å². The molecule has 1 rings (SSSR count). The molecular formula is C14H29NO2. The highest BCUT2D eigenvalue weighted by atomic mass is 16.5. The van der Waals surface area contributed by atoms with Gasteiger partial charge in [0.1, 0.15) is 0 Å². The molecule has 2 atom stereocenters. The highest BCUT2D eigenvalue weighted by Gasteiger charge is 2.47. The van der Waals surface area contributed by atoms with Gasteiger partial charge < -0.3 is 15.2 Å². The van der Waals surface area contributed by atoms with Crippen molar-refractivity contribution in [3.63, 3.8) is 0 Å². The van der Waals surface area contributed by atoms with Crippen LogP contribution >= 0.6 is 0 Å². The molecule has 102 valence electrons. The van der Waals surface area contributed by atoms with E-state index in [1.807, 2.05) is 6.92 Å². The Balaban J connectivity index is 2.43. The fraction of sp³-hybridized carbons (Fsp3) is 1.00. The first-order valence-electron chi connectivity index (χ1n) is 6.82. The Morgan fingerprint density at radius 3 is 2.47 bits per heavy atom. The standard InChI is InChI=1S/C14H29NO2/c1-6-16-9-7-8-12(15)11-10-13(2,3)17-14(11,4)5/h11-12H,6-10,15H2,1-5H3. The minimum Gasteiger partial charge on any atom is -0.382 e. The van der Waals surface area contributed by atoms with Gasteiger partial charge in [-0.1, -0.05) is 0 Å². The molecule has 0 aromatic heterocycles. The number of ether oxygens (including phenoxy) is 2. The number of hydrogen-bond acceptors (Lipinski definition) is 3. The first-order valence-corrected chi connectivity index (χ1v) is 6.82. The van der Waals surface area contributed by atoms with Crippen molar-refractivity contribution in [3.05, 3.63) is 0 Å². The predicted octanol–water partition coefficient (Wildman–Crippen LogP) is 2.72. The van der Waals surface area contributed by atoms with E-state index in [0.717, 1.165) is 32.5 Å². The molecule has 1 fully saturated rings. The van der Waals surface area contributed by atoms with Crippen LogP contribution in [-0.2, 0) is 9.47 Å². The van der Waals surface area contributed by atoms with Gasteiger partial charge in [-0.2, -0.15) is 0 Å². The molecule has 0 aromatic carbocycles. The zero-order valence-electron chi connectivity index (χ0n) is 12.1. The van der Waals surface area contributed by atoms with Gasteiger partial charge in [0.15, 0.2) is 0 Å². The summed E-state index contributed by atoms with van der Waals surface area (Å²) >= 11 is 0. The Bertz CT molecular complexity index is 238. The predicted molar refractivity (Wildman–Crippen MR) is 71.1 cm³/mol. The molecule has 3 heteroatoms. The number of nitrogens with two attached hydrogens (primary N) is 1. The van der Waals surface area contributed by atoms with Crippen LogP contribution in [0.25, 0.3) is 0 Å². The summed E-state index contributed by atoms with van der Waals surface area (Å²) < 4.78 is 11.4. The van der Waals surface area contributed by atoms with Crippen LogP contribution in [0.2, 0.25) is 0 Å². The van der Waals surface area contributed by atoms with E-state index in [1.54, 1.807) is 0 Å². The number of rotatable bonds is 6. The minimum atomic E-state index is -0.103. The van der Waals surface area contributed by atoms with Gasteiger partial charge in [0.05, 0.1) is 11.2 Å². The van der Waals surface area contributed by atoms with Crippen LogP contribution < -0.4 is 5.73 Å². The monoisotopic (exact) mass is 243 g/mol. The summed E-state index contributed by atoms with van der Waals surface area (Å²) in [4.78, 5) is 0. The lowest BCUT2D eigenvalue weighted by atomic mass is 9.80. The fourth-order valence-corrected chi connectivity index (χ4v) is 3.04. The topological polar surface area (TPSA) is 44.5 Å². The van der Waals surface area contributed by atoms with E-state index in [1.165, 1.54) is 0 Å². The SMILES string of the molecule is CCOCCCC(N)C1CC(C)(C)OC1(C)C. The quantitative estimate of drug-likeness (QED) is 0.730. The smallest absolute Gasteiger partial charge is 0.0677 e. The second kappa shape index (κ2) is 5.68. The van der Waals surface area contributed by atoms with Crippen LogP contribution in [0.1, 0.15) is 53.9 Å². The van der Waals surface area contributed by atoms with E-state index in [0.29, 0.717) is 5.92 Å². The third-order valence-electron chi connectivity index (χ3n) is 3.69. The lowest BCUT2D eigenvalue weighted by Gasteiger charge is -2.31. The summed E-state index contributed by atoms with van der Waals surface area (Å²) in [7, 11) is 0. The molecule has 2 N–H and O–H groups in total. The molecule has 0 radical (unpaired) electrons. The first-order chi connectivity index (χ1) is 7.78. The molecule has 17 heavy (non-hydrogen) atoms. The van der Waals surface area contributed by atoms with Gasteiger partial charge in [-0.15, -0.1) is 0 Å². The van der Waals surface area contributed by atoms with Crippen molar-refractivity contribution in [2.24, 2.45) is 11.7 Å². The van der Waals surface area contributed by atoms with Gasteiger partial charge in [0, 0.05) is 25.2 Å². The van der Waals surface area contributed by atoms with Crippen LogP contribution in [0, 0.1) is 5.92 Å². The van der Waals surface area contributed by atoms with Crippen molar-refractivity contribution >= 4 is 0 Å². The molecule has 0 aliphatic carbocycles. The molecular weight excluding hydrogens is 214 g/mol. The Morgan fingerprint density at radius 2 is 2.00 bits per heavy atom. The lowest BCUT2D eigenvalue weighted by Crippen LogP contribution is -2.41. The third kappa shape index (κ3) is 4.23. The van der Waals surface area contributed by atoms with Crippen molar-refractivity contribution in [1.82, 2.24) is 0 Å². The van der Waals surface area contributed by atoms with Gasteiger partial charge in [0.2, 0.25) is 0 Å². The molecule has 1 saturated heterocycles. The highest BCUT2D eigenvalue weighted by Crippen LogP contribution is 2.43. The molecule has 0 amide bonds. The van der Waals surface area contributed by atoms with Gasteiger partial charge in [-0.05, 0) is 53.9 Å². The summed E-state index contributed by atoms with van der Waals surface area (Å²) in [5, 5.41) is 0. The Labute approximate surface area is 106 Å². The third-order valence-corrected chi connectivity index (χ3v) is 3.69. The molecule has 1 heterocycles. The number of hydrogen-bond donors (Lipinski definition) is 1. The second-order valence-corrected chi connectivity index (χ2v) is 6.28. The molecule has 1 aliphatic heterocycles. The highest BCUT2D eigenvalue weighted by molar-refractivity contribution is 4.98. The Hall–Kier alpha value is -0.120. The largest absolute Gasteiger partial charge is 0.382 e. The van der Waals surface area contributed by atoms with Gasteiger partial charge in [0.25, 0.3) is 0 Å². The Morgan fingerprint density at radius 1 is 1.35 bits per heavy atom. The van der Waals surface area contributed by atoms with Crippen LogP contribution in [0.5, 0.6) is 0 Å².